The molecular formula is C11H16O5. The van der Waals surface area contributed by atoms with E-state index in [1.54, 1.807) is 6.92 Å². The summed E-state index contributed by atoms with van der Waals surface area (Å²) in [5.74, 6) is -1.52. The first-order valence-corrected chi connectivity index (χ1v) is 5.40. The van der Waals surface area contributed by atoms with E-state index in [0.29, 0.717) is 24.4 Å². The Morgan fingerprint density at radius 1 is 1.50 bits per heavy atom. The number of aliphatic hydroxyl groups is 1. The number of hydrogen-bond donors (Lipinski definition) is 1. The summed E-state index contributed by atoms with van der Waals surface area (Å²) in [5, 5.41) is 10.3. The normalized spacial score (nSPS) is 35.2. The van der Waals surface area contributed by atoms with Gasteiger partial charge in [-0.2, -0.15) is 0 Å². The van der Waals surface area contributed by atoms with Gasteiger partial charge in [0.05, 0.1) is 19.3 Å². The van der Waals surface area contributed by atoms with Crippen LogP contribution in [-0.2, 0) is 19.0 Å². The standard InChI is InChI=1S/C11H16O5/c1-7-8(14-2)9(16-10(7)12)11(13)5-3-4-6-15-11/h9,13H,3-6H2,1-2H3. The lowest BCUT2D eigenvalue weighted by atomic mass is 9.98. The number of carbonyl (C=O) groups is 1. The third kappa shape index (κ3) is 1.70. The fraction of sp³-hybridized carbons (Fsp3) is 0.727. The molecule has 0 amide bonds. The van der Waals surface area contributed by atoms with E-state index in [9.17, 15) is 9.90 Å². The monoisotopic (exact) mass is 228 g/mol. The number of hydrogen-bond acceptors (Lipinski definition) is 5. The van der Waals surface area contributed by atoms with Crippen LogP contribution in [0.5, 0.6) is 0 Å². The molecular weight excluding hydrogens is 212 g/mol. The summed E-state index contributed by atoms with van der Waals surface area (Å²) in [7, 11) is 1.46. The molecule has 0 aromatic heterocycles. The zero-order valence-electron chi connectivity index (χ0n) is 9.49. The van der Waals surface area contributed by atoms with Crippen molar-refractivity contribution in [1.29, 1.82) is 0 Å². The summed E-state index contributed by atoms with van der Waals surface area (Å²) < 4.78 is 15.6. The van der Waals surface area contributed by atoms with Crippen molar-refractivity contribution in [1.82, 2.24) is 0 Å². The Hall–Kier alpha value is -1.07. The van der Waals surface area contributed by atoms with Crippen molar-refractivity contribution in [2.45, 2.75) is 38.1 Å². The van der Waals surface area contributed by atoms with Gasteiger partial charge in [-0.3, -0.25) is 0 Å². The van der Waals surface area contributed by atoms with Crippen LogP contribution in [0.2, 0.25) is 0 Å². The van der Waals surface area contributed by atoms with Crippen LogP contribution >= 0.6 is 0 Å². The zero-order valence-corrected chi connectivity index (χ0v) is 9.49. The molecule has 90 valence electrons. The topological polar surface area (TPSA) is 65.0 Å². The molecule has 16 heavy (non-hydrogen) atoms. The van der Waals surface area contributed by atoms with Crippen molar-refractivity contribution in [3.8, 4) is 0 Å². The minimum absolute atomic E-state index is 0.370. The van der Waals surface area contributed by atoms with Gasteiger partial charge in [-0.1, -0.05) is 0 Å². The van der Waals surface area contributed by atoms with Crippen LogP contribution in [0, 0.1) is 0 Å². The van der Waals surface area contributed by atoms with E-state index in [-0.39, 0.29) is 0 Å². The maximum absolute atomic E-state index is 11.4. The number of rotatable bonds is 2. The highest BCUT2D eigenvalue weighted by atomic mass is 16.7. The number of carbonyl (C=O) groups excluding carboxylic acids is 1. The molecule has 0 aliphatic carbocycles. The number of cyclic esters (lactones) is 1. The maximum atomic E-state index is 11.4. The van der Waals surface area contributed by atoms with Crippen molar-refractivity contribution in [3.05, 3.63) is 11.3 Å². The highest BCUT2D eigenvalue weighted by molar-refractivity contribution is 5.91. The molecule has 1 fully saturated rings. The van der Waals surface area contributed by atoms with E-state index in [4.69, 9.17) is 14.2 Å². The van der Waals surface area contributed by atoms with E-state index in [1.165, 1.54) is 7.11 Å². The highest BCUT2D eigenvalue weighted by Gasteiger charge is 2.49. The molecule has 2 aliphatic rings. The first kappa shape index (κ1) is 11.4. The van der Waals surface area contributed by atoms with Crippen molar-refractivity contribution in [3.63, 3.8) is 0 Å². The Balaban J connectivity index is 2.24. The van der Waals surface area contributed by atoms with Gasteiger partial charge in [0, 0.05) is 6.42 Å². The van der Waals surface area contributed by atoms with Crippen LogP contribution in [0.15, 0.2) is 11.3 Å². The predicted molar refractivity (Wildman–Crippen MR) is 54.3 cm³/mol. The molecule has 2 rings (SSSR count). The molecule has 5 heteroatoms. The lowest BCUT2D eigenvalue weighted by molar-refractivity contribution is -0.271. The van der Waals surface area contributed by atoms with Gasteiger partial charge < -0.3 is 19.3 Å². The van der Waals surface area contributed by atoms with Gasteiger partial charge in [0.15, 0.2) is 5.76 Å². The van der Waals surface area contributed by atoms with Gasteiger partial charge in [0.25, 0.3) is 0 Å². The number of methoxy groups -OCH3 is 1. The smallest absolute Gasteiger partial charge is 0.338 e. The summed E-state index contributed by atoms with van der Waals surface area (Å²) in [6.07, 6.45) is 1.38. The highest BCUT2D eigenvalue weighted by Crippen LogP contribution is 2.36. The van der Waals surface area contributed by atoms with E-state index >= 15 is 0 Å². The van der Waals surface area contributed by atoms with Crippen molar-refractivity contribution in [2.75, 3.05) is 13.7 Å². The summed E-state index contributed by atoms with van der Waals surface area (Å²) >= 11 is 0. The van der Waals surface area contributed by atoms with Gasteiger partial charge in [-0.25, -0.2) is 4.79 Å². The Kier molecular flexibility index (Phi) is 2.90. The molecule has 2 atom stereocenters. The van der Waals surface area contributed by atoms with Gasteiger partial charge in [0.1, 0.15) is 0 Å². The summed E-state index contributed by atoms with van der Waals surface area (Å²) in [6.45, 7) is 2.09. The van der Waals surface area contributed by atoms with Crippen LogP contribution < -0.4 is 0 Å². The van der Waals surface area contributed by atoms with Crippen LogP contribution in [0.4, 0.5) is 0 Å². The van der Waals surface area contributed by atoms with E-state index in [2.05, 4.69) is 0 Å². The van der Waals surface area contributed by atoms with Gasteiger partial charge in [0.2, 0.25) is 11.9 Å². The van der Waals surface area contributed by atoms with Crippen molar-refractivity contribution in [2.24, 2.45) is 0 Å². The average molecular weight is 228 g/mol. The van der Waals surface area contributed by atoms with Crippen molar-refractivity contribution < 1.29 is 24.1 Å². The average Bonchev–Trinajstić information content (AvgIpc) is 2.57. The minimum atomic E-state index is -1.43. The molecule has 0 aromatic rings. The number of ether oxygens (including phenoxy) is 3. The molecule has 5 nitrogen and oxygen atoms in total. The molecule has 2 aliphatic heterocycles. The van der Waals surface area contributed by atoms with Crippen LogP contribution in [0.1, 0.15) is 26.2 Å². The fourth-order valence-corrected chi connectivity index (χ4v) is 2.11. The molecule has 1 saturated heterocycles. The van der Waals surface area contributed by atoms with E-state index in [1.807, 2.05) is 0 Å². The van der Waals surface area contributed by atoms with Gasteiger partial charge in [-0.05, 0) is 19.8 Å². The number of esters is 1. The fourth-order valence-electron chi connectivity index (χ4n) is 2.11. The van der Waals surface area contributed by atoms with Gasteiger partial charge >= 0.3 is 5.97 Å². The predicted octanol–water partition coefficient (Wildman–Crippen LogP) is 0.721. The maximum Gasteiger partial charge on any atom is 0.338 e. The Morgan fingerprint density at radius 3 is 2.81 bits per heavy atom. The molecule has 2 unspecified atom stereocenters. The summed E-state index contributed by atoms with van der Waals surface area (Å²) in [5.41, 5.74) is 0.398. The molecule has 0 spiro atoms. The SMILES string of the molecule is COC1=C(C)C(=O)OC1C1(O)CCCCO1. The lowest BCUT2D eigenvalue weighted by Crippen LogP contribution is -2.48. The second-order valence-corrected chi connectivity index (χ2v) is 4.13. The van der Waals surface area contributed by atoms with Crippen molar-refractivity contribution >= 4 is 5.97 Å². The summed E-state index contributed by atoms with van der Waals surface area (Å²) in [4.78, 5) is 11.4. The minimum Gasteiger partial charge on any atom is -0.496 e. The first-order chi connectivity index (χ1) is 7.58. The molecule has 2 heterocycles. The van der Waals surface area contributed by atoms with Gasteiger partial charge in [-0.15, -0.1) is 0 Å². The van der Waals surface area contributed by atoms with E-state index < -0.39 is 17.9 Å². The van der Waals surface area contributed by atoms with E-state index in [0.717, 1.165) is 12.8 Å². The molecule has 1 N–H and O–H groups in total. The Bertz CT molecular complexity index is 327. The van der Waals surface area contributed by atoms with Crippen LogP contribution in [0.3, 0.4) is 0 Å². The second kappa shape index (κ2) is 4.07. The third-order valence-electron chi connectivity index (χ3n) is 3.05. The third-order valence-corrected chi connectivity index (χ3v) is 3.05. The molecule has 0 radical (unpaired) electrons. The van der Waals surface area contributed by atoms with Crippen LogP contribution in [-0.4, -0.2) is 36.7 Å². The van der Waals surface area contributed by atoms with Crippen LogP contribution in [0.25, 0.3) is 0 Å². The zero-order chi connectivity index (χ0) is 11.8. The molecule has 0 bridgehead atoms. The largest absolute Gasteiger partial charge is 0.496 e. The quantitative estimate of drug-likeness (QED) is 0.705. The molecule has 0 saturated carbocycles. The Morgan fingerprint density at radius 2 is 2.25 bits per heavy atom. The second-order valence-electron chi connectivity index (χ2n) is 4.13. The Labute approximate surface area is 94.0 Å². The molecule has 0 aromatic carbocycles. The lowest BCUT2D eigenvalue weighted by Gasteiger charge is -2.36. The first-order valence-electron chi connectivity index (χ1n) is 5.40. The summed E-state index contributed by atoms with van der Waals surface area (Å²) in [6, 6.07) is 0.